The molecule has 0 aliphatic carbocycles. The SMILES string of the molecule is CC(CO)(CO)NS(=O)(=O)c1ccc(O)c([N+](=O)[O-])c1. The molecule has 0 bridgehead atoms. The number of nitrogens with one attached hydrogen (secondary N) is 1. The summed E-state index contributed by atoms with van der Waals surface area (Å²) >= 11 is 0. The summed E-state index contributed by atoms with van der Waals surface area (Å²) in [6, 6.07) is 2.54. The second kappa shape index (κ2) is 5.71. The van der Waals surface area contributed by atoms with Crippen LogP contribution >= 0.6 is 0 Å². The second-order valence-electron chi connectivity index (χ2n) is 4.39. The quantitative estimate of drug-likeness (QED) is 0.401. The van der Waals surface area contributed by atoms with Gasteiger partial charge in [-0.1, -0.05) is 0 Å². The summed E-state index contributed by atoms with van der Waals surface area (Å²) in [6.45, 7) is -0.0643. The molecule has 0 spiro atoms. The van der Waals surface area contributed by atoms with Gasteiger partial charge in [0.25, 0.3) is 0 Å². The highest BCUT2D eigenvalue weighted by Gasteiger charge is 2.30. The maximum Gasteiger partial charge on any atom is 0.312 e. The molecule has 0 aromatic heterocycles. The number of benzene rings is 1. The third kappa shape index (κ3) is 3.42. The highest BCUT2D eigenvalue weighted by atomic mass is 32.2. The van der Waals surface area contributed by atoms with E-state index >= 15 is 0 Å². The lowest BCUT2D eigenvalue weighted by Gasteiger charge is -2.25. The van der Waals surface area contributed by atoms with Crippen LogP contribution in [0.2, 0.25) is 0 Å². The van der Waals surface area contributed by atoms with Crippen molar-refractivity contribution in [2.24, 2.45) is 0 Å². The number of sulfonamides is 1. The van der Waals surface area contributed by atoms with E-state index in [1.165, 1.54) is 6.92 Å². The second-order valence-corrected chi connectivity index (χ2v) is 6.07. The number of phenols is 1. The van der Waals surface area contributed by atoms with Crippen LogP contribution in [-0.4, -0.2) is 47.4 Å². The summed E-state index contributed by atoms with van der Waals surface area (Å²) in [5.74, 6) is -0.666. The Labute approximate surface area is 114 Å². The first kappa shape index (κ1) is 16.3. The third-order valence-corrected chi connectivity index (χ3v) is 4.17. The van der Waals surface area contributed by atoms with Crippen LogP contribution in [0.1, 0.15) is 6.92 Å². The molecule has 4 N–H and O–H groups in total. The minimum Gasteiger partial charge on any atom is -0.502 e. The number of aliphatic hydroxyl groups is 2. The molecule has 0 atom stereocenters. The zero-order chi connectivity index (χ0) is 15.6. The van der Waals surface area contributed by atoms with Crippen LogP contribution in [0.4, 0.5) is 5.69 Å². The standard InChI is InChI=1S/C10H14N2O7S/c1-10(5-13,6-14)11-20(18,19)7-2-3-9(15)8(4-7)12(16)17/h2-4,11,13-15H,5-6H2,1H3. The Morgan fingerprint density at radius 1 is 1.35 bits per heavy atom. The van der Waals surface area contributed by atoms with Crippen molar-refractivity contribution in [3.63, 3.8) is 0 Å². The average Bonchev–Trinajstić information content (AvgIpc) is 2.38. The normalized spacial score (nSPS) is 12.3. The van der Waals surface area contributed by atoms with Gasteiger partial charge in [0, 0.05) is 6.07 Å². The molecule has 0 aliphatic heterocycles. The van der Waals surface area contributed by atoms with Crippen LogP contribution in [0.3, 0.4) is 0 Å². The zero-order valence-electron chi connectivity index (χ0n) is 10.5. The molecule has 1 rings (SSSR count). The number of phenolic OH excluding ortho intramolecular Hbond substituents is 1. The van der Waals surface area contributed by atoms with Gasteiger partial charge in [0.2, 0.25) is 10.0 Å². The molecule has 0 saturated heterocycles. The Morgan fingerprint density at radius 2 is 1.90 bits per heavy atom. The van der Waals surface area contributed by atoms with E-state index < -0.39 is 50.0 Å². The summed E-state index contributed by atoms with van der Waals surface area (Å²) in [5.41, 5.74) is -2.27. The van der Waals surface area contributed by atoms with Gasteiger partial charge in [-0.15, -0.1) is 0 Å². The van der Waals surface area contributed by atoms with E-state index in [2.05, 4.69) is 0 Å². The fraction of sp³-hybridized carbons (Fsp3) is 0.400. The van der Waals surface area contributed by atoms with Gasteiger partial charge >= 0.3 is 5.69 Å². The molecule has 112 valence electrons. The molecule has 0 unspecified atom stereocenters. The third-order valence-electron chi connectivity index (χ3n) is 2.53. The summed E-state index contributed by atoms with van der Waals surface area (Å²) in [5, 5.41) is 38.0. The van der Waals surface area contributed by atoms with Crippen LogP contribution in [-0.2, 0) is 10.0 Å². The van der Waals surface area contributed by atoms with E-state index in [-0.39, 0.29) is 0 Å². The molecule has 0 fully saturated rings. The Kier molecular flexibility index (Phi) is 4.65. The van der Waals surface area contributed by atoms with E-state index in [9.17, 15) is 23.6 Å². The smallest absolute Gasteiger partial charge is 0.312 e. The number of rotatable bonds is 6. The first-order chi connectivity index (χ1) is 9.15. The van der Waals surface area contributed by atoms with Gasteiger partial charge in [-0.2, -0.15) is 0 Å². The molecule has 10 heteroatoms. The van der Waals surface area contributed by atoms with Crippen LogP contribution in [0.5, 0.6) is 5.75 Å². The van der Waals surface area contributed by atoms with Crippen molar-refractivity contribution < 1.29 is 28.7 Å². The number of hydrogen-bond donors (Lipinski definition) is 4. The van der Waals surface area contributed by atoms with Crippen LogP contribution < -0.4 is 4.72 Å². The number of aliphatic hydroxyl groups excluding tert-OH is 2. The molecule has 0 saturated carbocycles. The molecule has 0 aliphatic rings. The van der Waals surface area contributed by atoms with Crippen molar-refractivity contribution >= 4 is 15.7 Å². The summed E-state index contributed by atoms with van der Waals surface area (Å²) < 4.78 is 26.1. The average molecular weight is 306 g/mol. The number of nitrogens with zero attached hydrogens (tertiary/aromatic N) is 1. The van der Waals surface area contributed by atoms with Crippen molar-refractivity contribution in [2.45, 2.75) is 17.4 Å². The molecule has 0 heterocycles. The van der Waals surface area contributed by atoms with E-state index in [0.717, 1.165) is 12.1 Å². The highest BCUT2D eigenvalue weighted by Crippen LogP contribution is 2.28. The molecular weight excluding hydrogens is 292 g/mol. The number of nitro benzene ring substituents is 1. The molecule has 1 aromatic carbocycles. The largest absolute Gasteiger partial charge is 0.502 e. The van der Waals surface area contributed by atoms with E-state index in [1.54, 1.807) is 0 Å². The predicted molar refractivity (Wildman–Crippen MR) is 67.7 cm³/mol. The Morgan fingerprint density at radius 3 is 2.35 bits per heavy atom. The minimum absolute atomic E-state index is 0.463. The van der Waals surface area contributed by atoms with Gasteiger partial charge < -0.3 is 15.3 Å². The van der Waals surface area contributed by atoms with Crippen molar-refractivity contribution in [3.05, 3.63) is 28.3 Å². The topological polar surface area (TPSA) is 150 Å². The van der Waals surface area contributed by atoms with Gasteiger partial charge in [0.1, 0.15) is 0 Å². The lowest BCUT2D eigenvalue weighted by Crippen LogP contribution is -2.51. The van der Waals surface area contributed by atoms with Crippen molar-refractivity contribution in [1.82, 2.24) is 4.72 Å². The zero-order valence-corrected chi connectivity index (χ0v) is 11.3. The molecule has 1 aromatic rings. The first-order valence-corrected chi connectivity index (χ1v) is 6.86. The molecule has 9 nitrogen and oxygen atoms in total. The number of aromatic hydroxyl groups is 1. The van der Waals surface area contributed by atoms with Crippen LogP contribution in [0.15, 0.2) is 23.1 Å². The van der Waals surface area contributed by atoms with E-state index in [4.69, 9.17) is 10.2 Å². The van der Waals surface area contributed by atoms with Gasteiger partial charge in [0.15, 0.2) is 5.75 Å². The van der Waals surface area contributed by atoms with Crippen LogP contribution in [0.25, 0.3) is 0 Å². The van der Waals surface area contributed by atoms with Gasteiger partial charge in [-0.25, -0.2) is 13.1 Å². The highest BCUT2D eigenvalue weighted by molar-refractivity contribution is 7.89. The van der Waals surface area contributed by atoms with Gasteiger partial charge in [0.05, 0.1) is 28.6 Å². The van der Waals surface area contributed by atoms with Gasteiger partial charge in [-0.05, 0) is 19.1 Å². The number of hydrogen-bond acceptors (Lipinski definition) is 7. The molecule has 20 heavy (non-hydrogen) atoms. The summed E-state index contributed by atoms with van der Waals surface area (Å²) in [6.07, 6.45) is 0. The lowest BCUT2D eigenvalue weighted by atomic mass is 10.1. The maximum atomic E-state index is 12.0. The van der Waals surface area contributed by atoms with Gasteiger partial charge in [-0.3, -0.25) is 10.1 Å². The maximum absolute atomic E-state index is 12.0. The van der Waals surface area contributed by atoms with Crippen molar-refractivity contribution in [1.29, 1.82) is 0 Å². The molecule has 0 radical (unpaired) electrons. The fourth-order valence-corrected chi connectivity index (χ4v) is 2.72. The Bertz CT molecular complexity index is 610. The minimum atomic E-state index is -4.20. The Balaban J connectivity index is 3.23. The van der Waals surface area contributed by atoms with E-state index in [1.807, 2.05) is 4.72 Å². The van der Waals surface area contributed by atoms with E-state index in [0.29, 0.717) is 6.07 Å². The number of nitro groups is 1. The van der Waals surface area contributed by atoms with Crippen molar-refractivity contribution in [2.75, 3.05) is 13.2 Å². The lowest BCUT2D eigenvalue weighted by molar-refractivity contribution is -0.386. The first-order valence-electron chi connectivity index (χ1n) is 5.38. The molecule has 0 amide bonds. The fourth-order valence-electron chi connectivity index (χ4n) is 1.31. The summed E-state index contributed by atoms with van der Waals surface area (Å²) in [7, 11) is -4.20. The van der Waals surface area contributed by atoms with Crippen molar-refractivity contribution in [3.8, 4) is 5.75 Å². The van der Waals surface area contributed by atoms with Crippen LogP contribution in [0, 0.1) is 10.1 Å². The molecular formula is C10H14N2O7S. The monoisotopic (exact) mass is 306 g/mol. The summed E-state index contributed by atoms with van der Waals surface area (Å²) in [4.78, 5) is 9.26. The predicted octanol–water partition coefficient (Wildman–Crippen LogP) is -0.678. The Hall–Kier alpha value is -1.75.